The molecule has 4 nitrogen and oxygen atoms in total. The quantitative estimate of drug-likeness (QED) is 0.894. The summed E-state index contributed by atoms with van der Waals surface area (Å²) in [5.41, 5.74) is 1.81. The summed E-state index contributed by atoms with van der Waals surface area (Å²) in [5, 5.41) is 12.6. The Hall–Kier alpha value is -1.09. The molecule has 2 heterocycles. The van der Waals surface area contributed by atoms with Crippen LogP contribution in [0.5, 0.6) is 0 Å². The average Bonchev–Trinajstić information content (AvgIpc) is 2.38. The Kier molecular flexibility index (Phi) is 3.74. The maximum absolute atomic E-state index is 9.26. The predicted octanol–water partition coefficient (Wildman–Crippen LogP) is 1.41. The Bertz CT molecular complexity index is 499. The lowest BCUT2D eigenvalue weighted by Crippen LogP contribution is -2.63. The molecule has 2 saturated heterocycles. The first-order chi connectivity index (χ1) is 9.29. The summed E-state index contributed by atoms with van der Waals surface area (Å²) < 4.78 is 0.887. The van der Waals surface area contributed by atoms with Crippen LogP contribution in [0, 0.1) is 11.3 Å². The molecule has 2 aliphatic rings. The van der Waals surface area contributed by atoms with Gasteiger partial charge in [0.15, 0.2) is 0 Å². The van der Waals surface area contributed by atoms with Gasteiger partial charge >= 0.3 is 0 Å². The Morgan fingerprint density at radius 3 is 2.68 bits per heavy atom. The van der Waals surface area contributed by atoms with Crippen molar-refractivity contribution in [2.75, 3.05) is 44.2 Å². The van der Waals surface area contributed by atoms with Crippen LogP contribution in [-0.2, 0) is 0 Å². The molecular formula is C14H17BrN4. The van der Waals surface area contributed by atoms with Crippen LogP contribution >= 0.6 is 15.9 Å². The minimum Gasteiger partial charge on any atom is -0.367 e. The number of hydrogen-bond donors (Lipinski definition) is 1. The first-order valence-corrected chi connectivity index (χ1v) is 7.47. The molecule has 0 atom stereocenters. The van der Waals surface area contributed by atoms with Crippen LogP contribution in [0.2, 0.25) is 0 Å². The Labute approximate surface area is 122 Å². The smallest absolute Gasteiger partial charge is 0.103 e. The zero-order valence-electron chi connectivity index (χ0n) is 10.8. The molecule has 1 aromatic carbocycles. The molecule has 2 fully saturated rings. The van der Waals surface area contributed by atoms with Gasteiger partial charge in [0.05, 0.1) is 11.3 Å². The highest BCUT2D eigenvalue weighted by Gasteiger charge is 2.33. The summed E-state index contributed by atoms with van der Waals surface area (Å²) in [6.45, 7) is 6.54. The summed E-state index contributed by atoms with van der Waals surface area (Å²) in [6.07, 6.45) is 0. The zero-order valence-corrected chi connectivity index (χ0v) is 12.4. The molecule has 3 rings (SSSR count). The maximum Gasteiger partial charge on any atom is 0.103 e. The van der Waals surface area contributed by atoms with Gasteiger partial charge in [-0.15, -0.1) is 0 Å². The highest BCUT2D eigenvalue weighted by molar-refractivity contribution is 9.10. The zero-order chi connectivity index (χ0) is 13.2. The number of nitriles is 1. The number of anilines is 1. The van der Waals surface area contributed by atoms with Gasteiger partial charge in [-0.1, -0.05) is 6.07 Å². The number of halogens is 1. The van der Waals surface area contributed by atoms with E-state index in [4.69, 9.17) is 0 Å². The third kappa shape index (κ3) is 2.48. The van der Waals surface area contributed by atoms with Crippen molar-refractivity contribution in [3.63, 3.8) is 0 Å². The summed E-state index contributed by atoms with van der Waals surface area (Å²) in [7, 11) is 0. The van der Waals surface area contributed by atoms with Crippen LogP contribution in [-0.4, -0.2) is 50.2 Å². The minimum absolute atomic E-state index is 0.646. The highest BCUT2D eigenvalue weighted by atomic mass is 79.9. The van der Waals surface area contributed by atoms with E-state index in [9.17, 15) is 5.26 Å². The van der Waals surface area contributed by atoms with E-state index >= 15 is 0 Å². The van der Waals surface area contributed by atoms with E-state index in [1.165, 1.54) is 0 Å². The summed E-state index contributed by atoms with van der Waals surface area (Å²) in [6, 6.07) is 8.90. The molecule has 0 bridgehead atoms. The summed E-state index contributed by atoms with van der Waals surface area (Å²) >= 11 is 3.45. The molecule has 0 spiro atoms. The van der Waals surface area contributed by atoms with Crippen molar-refractivity contribution in [2.24, 2.45) is 0 Å². The standard InChI is InChI=1S/C14H17BrN4/c15-13-2-1-3-14(12(13)8-16)19-9-11(10-19)18-6-4-17-5-7-18/h1-3,11,17H,4-7,9-10H2. The fourth-order valence-electron chi connectivity index (χ4n) is 2.82. The molecule has 0 unspecified atom stereocenters. The van der Waals surface area contributed by atoms with Crippen LogP contribution in [0.15, 0.2) is 22.7 Å². The number of nitrogens with zero attached hydrogens (tertiary/aromatic N) is 3. The first kappa shape index (κ1) is 12.9. The number of rotatable bonds is 2. The SMILES string of the molecule is N#Cc1c(Br)cccc1N1CC(N2CCNCC2)C1. The second kappa shape index (κ2) is 5.49. The molecule has 0 aromatic heterocycles. The minimum atomic E-state index is 0.646. The molecule has 1 N–H and O–H groups in total. The average molecular weight is 321 g/mol. The normalized spacial score (nSPS) is 20.9. The number of hydrogen-bond acceptors (Lipinski definition) is 4. The third-order valence-electron chi connectivity index (χ3n) is 3.97. The lowest BCUT2D eigenvalue weighted by atomic mass is 10.0. The maximum atomic E-state index is 9.26. The van der Waals surface area contributed by atoms with Crippen molar-refractivity contribution in [1.82, 2.24) is 10.2 Å². The van der Waals surface area contributed by atoms with Crippen molar-refractivity contribution in [2.45, 2.75) is 6.04 Å². The molecule has 0 radical (unpaired) electrons. The fourth-order valence-corrected chi connectivity index (χ4v) is 3.26. The van der Waals surface area contributed by atoms with E-state index < -0.39 is 0 Å². The second-order valence-corrected chi connectivity index (χ2v) is 5.94. The molecule has 1 aromatic rings. The molecule has 2 aliphatic heterocycles. The van der Waals surface area contributed by atoms with Gasteiger partial charge < -0.3 is 10.2 Å². The van der Waals surface area contributed by atoms with Gasteiger partial charge in [-0.2, -0.15) is 5.26 Å². The molecule has 0 saturated carbocycles. The van der Waals surface area contributed by atoms with Crippen molar-refractivity contribution in [3.8, 4) is 6.07 Å². The van der Waals surface area contributed by atoms with Crippen molar-refractivity contribution >= 4 is 21.6 Å². The molecule has 5 heteroatoms. The van der Waals surface area contributed by atoms with Crippen molar-refractivity contribution in [3.05, 3.63) is 28.2 Å². The fraction of sp³-hybridized carbons (Fsp3) is 0.500. The van der Waals surface area contributed by atoms with E-state index in [1.807, 2.05) is 18.2 Å². The summed E-state index contributed by atoms with van der Waals surface area (Å²) in [4.78, 5) is 4.85. The Balaban J connectivity index is 1.67. The second-order valence-electron chi connectivity index (χ2n) is 5.09. The van der Waals surface area contributed by atoms with Gasteiger partial charge in [0.1, 0.15) is 6.07 Å². The van der Waals surface area contributed by atoms with E-state index in [1.54, 1.807) is 0 Å². The number of piperazine rings is 1. The molecular weight excluding hydrogens is 304 g/mol. The van der Waals surface area contributed by atoms with E-state index in [0.29, 0.717) is 6.04 Å². The van der Waals surface area contributed by atoms with Gasteiger partial charge in [0.25, 0.3) is 0 Å². The number of benzene rings is 1. The largest absolute Gasteiger partial charge is 0.367 e. The Morgan fingerprint density at radius 1 is 1.26 bits per heavy atom. The molecule has 0 amide bonds. The Morgan fingerprint density at radius 2 is 2.00 bits per heavy atom. The van der Waals surface area contributed by atoms with Gasteiger partial charge in [-0.3, -0.25) is 4.90 Å². The number of nitrogens with one attached hydrogen (secondary N) is 1. The van der Waals surface area contributed by atoms with Crippen LogP contribution in [0.25, 0.3) is 0 Å². The van der Waals surface area contributed by atoms with Crippen LogP contribution in [0.1, 0.15) is 5.56 Å². The lowest BCUT2D eigenvalue weighted by Gasteiger charge is -2.48. The highest BCUT2D eigenvalue weighted by Crippen LogP contribution is 2.31. The van der Waals surface area contributed by atoms with Gasteiger partial charge in [0, 0.05) is 49.8 Å². The lowest BCUT2D eigenvalue weighted by molar-refractivity contribution is 0.147. The summed E-state index contributed by atoms with van der Waals surface area (Å²) in [5.74, 6) is 0. The van der Waals surface area contributed by atoms with E-state index in [0.717, 1.165) is 55.0 Å². The molecule has 100 valence electrons. The third-order valence-corrected chi connectivity index (χ3v) is 4.64. The molecule has 0 aliphatic carbocycles. The van der Waals surface area contributed by atoms with Gasteiger partial charge in [-0.05, 0) is 28.1 Å². The van der Waals surface area contributed by atoms with Gasteiger partial charge in [-0.25, -0.2) is 0 Å². The van der Waals surface area contributed by atoms with E-state index in [-0.39, 0.29) is 0 Å². The first-order valence-electron chi connectivity index (χ1n) is 6.68. The van der Waals surface area contributed by atoms with Crippen molar-refractivity contribution < 1.29 is 0 Å². The molecule has 19 heavy (non-hydrogen) atoms. The van der Waals surface area contributed by atoms with E-state index in [2.05, 4.69) is 37.1 Å². The van der Waals surface area contributed by atoms with Gasteiger partial charge in [0.2, 0.25) is 0 Å². The van der Waals surface area contributed by atoms with Crippen LogP contribution in [0.3, 0.4) is 0 Å². The monoisotopic (exact) mass is 320 g/mol. The predicted molar refractivity (Wildman–Crippen MR) is 79.3 cm³/mol. The topological polar surface area (TPSA) is 42.3 Å². The van der Waals surface area contributed by atoms with Crippen LogP contribution in [0.4, 0.5) is 5.69 Å². The van der Waals surface area contributed by atoms with Crippen LogP contribution < -0.4 is 10.2 Å². The van der Waals surface area contributed by atoms with Crippen molar-refractivity contribution in [1.29, 1.82) is 5.26 Å².